The summed E-state index contributed by atoms with van der Waals surface area (Å²) < 4.78 is 18.0. The van der Waals surface area contributed by atoms with Crippen LogP contribution in [0.15, 0.2) is 92.2 Å². The molecule has 1 unspecified atom stereocenters. The first kappa shape index (κ1) is 25.2. The van der Waals surface area contributed by atoms with Crippen LogP contribution in [0.25, 0.3) is 6.08 Å². The maximum atomic E-state index is 13.7. The Morgan fingerprint density at radius 3 is 2.42 bits per heavy atom. The maximum absolute atomic E-state index is 13.7. The zero-order valence-corrected chi connectivity index (χ0v) is 21.8. The van der Waals surface area contributed by atoms with Gasteiger partial charge in [-0.05, 0) is 49.2 Å². The Morgan fingerprint density at radius 1 is 1.03 bits per heavy atom. The fourth-order valence-corrected chi connectivity index (χ4v) is 5.31. The number of aromatic nitrogens is 1. The molecule has 1 atom stereocenters. The number of thiazole rings is 1. The van der Waals surface area contributed by atoms with Crippen molar-refractivity contribution in [1.82, 2.24) is 4.57 Å². The van der Waals surface area contributed by atoms with E-state index in [-0.39, 0.29) is 17.7 Å². The monoisotopic (exact) mass is 528 g/mol. The van der Waals surface area contributed by atoms with E-state index in [2.05, 4.69) is 4.99 Å². The molecule has 5 rings (SSSR count). The van der Waals surface area contributed by atoms with Gasteiger partial charge in [0.1, 0.15) is 18.1 Å². The second-order valence-electron chi connectivity index (χ2n) is 8.71. The SMILES string of the molecule is COC(=O)c1ccc(C2C(C(=O)OCc3ccccc3)=C(C)N=c3s/c(=C\c4ccc(C)o4)c(=O)n32)cc1. The number of furan rings is 1. The predicted molar refractivity (Wildman–Crippen MR) is 141 cm³/mol. The highest BCUT2D eigenvalue weighted by Crippen LogP contribution is 2.31. The van der Waals surface area contributed by atoms with Gasteiger partial charge in [-0.15, -0.1) is 0 Å². The number of allylic oxidation sites excluding steroid dienone is 1. The molecule has 0 N–H and O–H groups in total. The summed E-state index contributed by atoms with van der Waals surface area (Å²) in [5.41, 5.74) is 2.20. The first-order valence-corrected chi connectivity index (χ1v) is 12.7. The van der Waals surface area contributed by atoms with E-state index in [0.717, 1.165) is 11.3 Å². The van der Waals surface area contributed by atoms with Crippen LogP contribution in [0.4, 0.5) is 0 Å². The molecule has 1 aliphatic rings. The normalized spacial score (nSPS) is 15.1. The third kappa shape index (κ3) is 4.88. The van der Waals surface area contributed by atoms with Crippen LogP contribution in [-0.4, -0.2) is 23.6 Å². The number of rotatable bonds is 6. The van der Waals surface area contributed by atoms with Crippen LogP contribution in [0.5, 0.6) is 0 Å². The molecular weight excluding hydrogens is 504 g/mol. The van der Waals surface area contributed by atoms with E-state index in [1.807, 2.05) is 43.3 Å². The molecule has 0 amide bonds. The molecule has 0 saturated carbocycles. The van der Waals surface area contributed by atoms with Crippen molar-refractivity contribution in [3.8, 4) is 0 Å². The molecule has 38 heavy (non-hydrogen) atoms. The number of nitrogens with zero attached hydrogens (tertiary/aromatic N) is 2. The van der Waals surface area contributed by atoms with Crippen molar-refractivity contribution in [1.29, 1.82) is 0 Å². The Bertz CT molecular complexity index is 1730. The van der Waals surface area contributed by atoms with Crippen LogP contribution in [0.3, 0.4) is 0 Å². The van der Waals surface area contributed by atoms with Gasteiger partial charge in [-0.1, -0.05) is 53.8 Å². The lowest BCUT2D eigenvalue weighted by atomic mass is 9.95. The van der Waals surface area contributed by atoms with Crippen LogP contribution in [-0.2, 0) is 20.9 Å². The number of aryl methyl sites for hydroxylation is 1. The van der Waals surface area contributed by atoms with Gasteiger partial charge in [0.2, 0.25) is 0 Å². The summed E-state index contributed by atoms with van der Waals surface area (Å²) in [7, 11) is 1.31. The van der Waals surface area contributed by atoms with E-state index < -0.39 is 18.0 Å². The summed E-state index contributed by atoms with van der Waals surface area (Å²) in [6.45, 7) is 3.63. The molecule has 0 fully saturated rings. The Labute approximate surface area is 221 Å². The zero-order chi connectivity index (χ0) is 26.8. The second-order valence-corrected chi connectivity index (χ2v) is 9.71. The minimum absolute atomic E-state index is 0.0761. The van der Waals surface area contributed by atoms with Crippen molar-refractivity contribution in [3.63, 3.8) is 0 Å². The van der Waals surface area contributed by atoms with Crippen molar-refractivity contribution < 1.29 is 23.5 Å². The minimum Gasteiger partial charge on any atom is -0.465 e. The number of hydrogen-bond donors (Lipinski definition) is 0. The van der Waals surface area contributed by atoms with Gasteiger partial charge in [-0.3, -0.25) is 9.36 Å². The van der Waals surface area contributed by atoms with Gasteiger partial charge in [-0.25, -0.2) is 14.6 Å². The third-order valence-electron chi connectivity index (χ3n) is 6.14. The van der Waals surface area contributed by atoms with Crippen LogP contribution < -0.4 is 14.9 Å². The lowest BCUT2D eigenvalue weighted by Crippen LogP contribution is -2.39. The fraction of sp³-hybridized carbons (Fsp3) is 0.172. The Kier molecular flexibility index (Phi) is 6.93. The predicted octanol–water partition coefficient (Wildman–Crippen LogP) is 3.67. The molecular formula is C29H24N2O6S. The Balaban J connectivity index is 1.61. The van der Waals surface area contributed by atoms with Gasteiger partial charge in [0.15, 0.2) is 4.80 Å². The summed E-state index contributed by atoms with van der Waals surface area (Å²) in [5, 5.41) is 0. The number of esters is 2. The minimum atomic E-state index is -0.804. The molecule has 2 aromatic carbocycles. The first-order chi connectivity index (χ1) is 18.4. The number of fused-ring (bicyclic) bond motifs is 1. The lowest BCUT2D eigenvalue weighted by molar-refractivity contribution is -0.140. The topological polar surface area (TPSA) is 100 Å². The number of hydrogen-bond acceptors (Lipinski definition) is 8. The van der Waals surface area contributed by atoms with Crippen LogP contribution >= 0.6 is 11.3 Å². The molecule has 0 radical (unpaired) electrons. The second kappa shape index (κ2) is 10.5. The lowest BCUT2D eigenvalue weighted by Gasteiger charge is -2.25. The summed E-state index contributed by atoms with van der Waals surface area (Å²) in [6.07, 6.45) is 1.67. The number of methoxy groups -OCH3 is 1. The molecule has 0 bridgehead atoms. The highest BCUT2D eigenvalue weighted by atomic mass is 32.1. The largest absolute Gasteiger partial charge is 0.465 e. The molecule has 9 heteroatoms. The van der Waals surface area contributed by atoms with Gasteiger partial charge >= 0.3 is 11.9 Å². The van der Waals surface area contributed by atoms with E-state index in [4.69, 9.17) is 13.9 Å². The quantitative estimate of drug-likeness (QED) is 0.354. The fourth-order valence-electron chi connectivity index (χ4n) is 4.28. The molecule has 0 aliphatic carbocycles. The van der Waals surface area contributed by atoms with E-state index in [1.165, 1.54) is 23.0 Å². The molecule has 1 aliphatic heterocycles. The van der Waals surface area contributed by atoms with Gasteiger partial charge in [0, 0.05) is 6.08 Å². The Morgan fingerprint density at radius 2 is 1.76 bits per heavy atom. The smallest absolute Gasteiger partial charge is 0.338 e. The van der Waals surface area contributed by atoms with Crippen molar-refractivity contribution in [2.45, 2.75) is 26.5 Å². The van der Waals surface area contributed by atoms with E-state index in [9.17, 15) is 14.4 Å². The van der Waals surface area contributed by atoms with Crippen molar-refractivity contribution >= 4 is 29.4 Å². The first-order valence-electron chi connectivity index (χ1n) is 11.8. The molecule has 0 saturated heterocycles. The van der Waals surface area contributed by atoms with Gasteiger partial charge in [0.05, 0.1) is 34.5 Å². The van der Waals surface area contributed by atoms with Crippen molar-refractivity contribution in [2.24, 2.45) is 4.99 Å². The standard InChI is InChI=1S/C29H24N2O6S/c1-17-9-14-22(37-17)15-23-26(32)31-25(20-10-12-21(13-11-20)27(33)35-3)24(18(2)30-29(31)38-23)28(34)36-16-19-7-5-4-6-8-19/h4-15,25H,16H2,1-3H3/b23-15-. The van der Waals surface area contributed by atoms with Gasteiger partial charge in [-0.2, -0.15) is 0 Å². The van der Waals surface area contributed by atoms with Crippen molar-refractivity contribution in [2.75, 3.05) is 7.11 Å². The third-order valence-corrected chi connectivity index (χ3v) is 7.12. The molecule has 8 nitrogen and oxygen atoms in total. The van der Waals surface area contributed by atoms with E-state index in [1.54, 1.807) is 43.3 Å². The highest BCUT2D eigenvalue weighted by Gasteiger charge is 2.33. The van der Waals surface area contributed by atoms with Crippen molar-refractivity contribution in [3.05, 3.63) is 126 Å². The van der Waals surface area contributed by atoms with Crippen LogP contribution in [0.2, 0.25) is 0 Å². The number of ether oxygens (including phenoxy) is 2. The van der Waals surface area contributed by atoms with Gasteiger partial charge in [0.25, 0.3) is 5.56 Å². The molecule has 4 aromatic rings. The molecule has 3 heterocycles. The summed E-state index contributed by atoms with van der Waals surface area (Å²) >= 11 is 1.21. The van der Waals surface area contributed by atoms with Crippen LogP contribution in [0.1, 0.15) is 46.0 Å². The number of benzene rings is 2. The van der Waals surface area contributed by atoms with Gasteiger partial charge < -0.3 is 13.9 Å². The number of carbonyl (C=O) groups excluding carboxylic acids is 2. The highest BCUT2D eigenvalue weighted by molar-refractivity contribution is 7.07. The average molecular weight is 529 g/mol. The van der Waals surface area contributed by atoms with E-state index >= 15 is 0 Å². The zero-order valence-electron chi connectivity index (χ0n) is 21.0. The van der Waals surface area contributed by atoms with Crippen LogP contribution in [0, 0.1) is 6.92 Å². The maximum Gasteiger partial charge on any atom is 0.338 e. The summed E-state index contributed by atoms with van der Waals surface area (Å²) in [6, 6.07) is 18.8. The number of carbonyl (C=O) groups is 2. The summed E-state index contributed by atoms with van der Waals surface area (Å²) in [5.74, 6) is 0.216. The Hall–Kier alpha value is -4.50. The summed E-state index contributed by atoms with van der Waals surface area (Å²) in [4.78, 5) is 44.2. The molecule has 0 spiro atoms. The van der Waals surface area contributed by atoms with E-state index in [0.29, 0.717) is 31.9 Å². The molecule has 2 aromatic heterocycles. The molecule has 192 valence electrons. The average Bonchev–Trinajstić information content (AvgIpc) is 3.48.